The van der Waals surface area contributed by atoms with Gasteiger partial charge in [-0.1, -0.05) is 108 Å². The van der Waals surface area contributed by atoms with E-state index in [1.54, 1.807) is 0 Å². The second-order valence-electron chi connectivity index (χ2n) is 7.98. The summed E-state index contributed by atoms with van der Waals surface area (Å²) in [6.45, 7) is 12.0. The van der Waals surface area contributed by atoms with Crippen molar-refractivity contribution in [3.8, 4) is 0 Å². The molecule has 0 nitrogen and oxygen atoms in total. The van der Waals surface area contributed by atoms with Crippen LogP contribution in [0.5, 0.6) is 0 Å². The van der Waals surface area contributed by atoms with Gasteiger partial charge in [-0.2, -0.15) is 0 Å². The van der Waals surface area contributed by atoms with E-state index in [0.717, 1.165) is 23.7 Å². The minimum atomic E-state index is 0.879. The monoisotopic (exact) mass is 360 g/mol. The largest absolute Gasteiger partial charge is 0.0928 e. The van der Waals surface area contributed by atoms with Crippen LogP contribution in [0.25, 0.3) is 0 Å². The van der Waals surface area contributed by atoms with Gasteiger partial charge in [0.05, 0.1) is 0 Å². The van der Waals surface area contributed by atoms with E-state index in [1.807, 2.05) is 0 Å². The highest BCUT2D eigenvalue weighted by molar-refractivity contribution is 9.09. The lowest BCUT2D eigenvalue weighted by molar-refractivity contribution is 0.377. The molecule has 128 valence electrons. The molecule has 0 aromatic carbocycles. The van der Waals surface area contributed by atoms with Gasteiger partial charge in [0.25, 0.3) is 0 Å². The summed E-state index contributed by atoms with van der Waals surface area (Å²) in [5.41, 5.74) is 0. The molecule has 1 heteroatoms. The molecule has 0 radical (unpaired) electrons. The lowest BCUT2D eigenvalue weighted by atomic mass is 9.91. The Labute approximate surface area is 144 Å². The Morgan fingerprint density at radius 3 is 1.19 bits per heavy atom. The highest BCUT2D eigenvalue weighted by Gasteiger charge is 2.07. The molecular weight excluding hydrogens is 320 g/mol. The fourth-order valence-corrected chi connectivity index (χ4v) is 3.90. The minimum absolute atomic E-state index is 0.879. The van der Waals surface area contributed by atoms with E-state index in [1.165, 1.54) is 69.5 Å². The summed E-state index contributed by atoms with van der Waals surface area (Å²) in [4.78, 5) is 0. The zero-order chi connectivity index (χ0) is 16.1. The molecule has 0 amide bonds. The summed E-state index contributed by atoms with van der Waals surface area (Å²) in [6.07, 6.45) is 14.2. The third kappa shape index (κ3) is 15.2. The zero-order valence-electron chi connectivity index (χ0n) is 15.5. The average Bonchev–Trinajstić information content (AvgIpc) is 2.38. The van der Waals surface area contributed by atoms with Crippen molar-refractivity contribution >= 4 is 15.9 Å². The van der Waals surface area contributed by atoms with E-state index in [4.69, 9.17) is 0 Å². The van der Waals surface area contributed by atoms with Gasteiger partial charge in [-0.15, -0.1) is 0 Å². The van der Waals surface area contributed by atoms with E-state index >= 15 is 0 Å². The van der Waals surface area contributed by atoms with Crippen LogP contribution in [0.1, 0.15) is 98.8 Å². The molecular formula is C20H41Br. The van der Waals surface area contributed by atoms with Crippen LogP contribution >= 0.6 is 15.9 Å². The van der Waals surface area contributed by atoms with Crippen LogP contribution in [0.4, 0.5) is 0 Å². The van der Waals surface area contributed by atoms with E-state index in [-0.39, 0.29) is 0 Å². The van der Waals surface area contributed by atoms with Crippen LogP contribution in [0.15, 0.2) is 0 Å². The first-order valence-electron chi connectivity index (χ1n) is 9.51. The Morgan fingerprint density at radius 1 is 0.524 bits per heavy atom. The summed E-state index contributed by atoms with van der Waals surface area (Å²) in [7, 11) is 0. The first-order chi connectivity index (χ1) is 9.95. The van der Waals surface area contributed by atoms with Gasteiger partial charge in [0.15, 0.2) is 0 Å². The van der Waals surface area contributed by atoms with Gasteiger partial charge >= 0.3 is 0 Å². The molecule has 0 bridgehead atoms. The molecule has 0 saturated carbocycles. The van der Waals surface area contributed by atoms with Crippen LogP contribution < -0.4 is 0 Å². The van der Waals surface area contributed by atoms with Crippen LogP contribution in [0.3, 0.4) is 0 Å². The molecule has 0 rings (SSSR count). The van der Waals surface area contributed by atoms with Crippen LogP contribution in [0, 0.1) is 23.7 Å². The van der Waals surface area contributed by atoms with Crippen molar-refractivity contribution in [1.29, 1.82) is 0 Å². The molecule has 0 unspecified atom stereocenters. The highest BCUT2D eigenvalue weighted by atomic mass is 79.9. The number of halogens is 1. The Balaban J connectivity index is 3.45. The smallest absolute Gasteiger partial charge is 0.00338 e. The molecule has 0 aliphatic carbocycles. The molecule has 0 aliphatic heterocycles. The second kappa shape index (κ2) is 14.1. The first kappa shape index (κ1) is 21.5. The van der Waals surface area contributed by atoms with E-state index in [0.29, 0.717) is 0 Å². The van der Waals surface area contributed by atoms with E-state index in [9.17, 15) is 0 Å². The molecule has 0 fully saturated rings. The molecule has 0 aliphatic rings. The predicted molar refractivity (Wildman–Crippen MR) is 102 cm³/mol. The van der Waals surface area contributed by atoms with Gasteiger partial charge in [0.2, 0.25) is 0 Å². The summed E-state index contributed by atoms with van der Waals surface area (Å²) in [6, 6.07) is 0. The fourth-order valence-electron chi connectivity index (χ4n) is 3.12. The maximum atomic E-state index is 3.54. The number of hydrogen-bond donors (Lipinski definition) is 0. The van der Waals surface area contributed by atoms with Gasteiger partial charge in [-0.05, 0) is 30.1 Å². The zero-order valence-corrected chi connectivity index (χ0v) is 17.1. The highest BCUT2D eigenvalue weighted by Crippen LogP contribution is 2.22. The van der Waals surface area contributed by atoms with E-state index in [2.05, 4.69) is 50.5 Å². The second-order valence-corrected chi connectivity index (χ2v) is 8.77. The van der Waals surface area contributed by atoms with Crippen molar-refractivity contribution in [2.45, 2.75) is 98.8 Å². The van der Waals surface area contributed by atoms with E-state index < -0.39 is 0 Å². The lowest BCUT2D eigenvalue weighted by Gasteiger charge is -2.16. The third-order valence-electron chi connectivity index (χ3n) is 4.87. The van der Waals surface area contributed by atoms with Crippen molar-refractivity contribution in [1.82, 2.24) is 0 Å². The molecule has 0 N–H and O–H groups in total. The topological polar surface area (TPSA) is 0 Å². The summed E-state index contributed by atoms with van der Waals surface area (Å²) in [5, 5.41) is 1.17. The van der Waals surface area contributed by atoms with Gasteiger partial charge in [0.1, 0.15) is 0 Å². The summed E-state index contributed by atoms with van der Waals surface area (Å²) in [5.74, 6) is 3.65. The SMILES string of the molecule is CC(C)CCC[C@H](C)CCC[C@H](C)CCC[C@H](C)CCBr. The Morgan fingerprint density at radius 2 is 0.857 bits per heavy atom. The Bertz CT molecular complexity index is 212. The number of rotatable bonds is 14. The quantitative estimate of drug-likeness (QED) is 0.276. The summed E-state index contributed by atoms with van der Waals surface area (Å²) < 4.78 is 0. The predicted octanol–water partition coefficient (Wildman–Crippen LogP) is 7.85. The van der Waals surface area contributed by atoms with Crippen molar-refractivity contribution in [2.75, 3.05) is 5.33 Å². The molecule has 0 spiro atoms. The number of hydrogen-bond acceptors (Lipinski definition) is 0. The van der Waals surface area contributed by atoms with Crippen molar-refractivity contribution in [3.63, 3.8) is 0 Å². The molecule has 21 heavy (non-hydrogen) atoms. The third-order valence-corrected chi connectivity index (χ3v) is 5.33. The first-order valence-corrected chi connectivity index (χ1v) is 10.6. The maximum Gasteiger partial charge on any atom is 0.00338 e. The van der Waals surface area contributed by atoms with Crippen LogP contribution in [-0.4, -0.2) is 5.33 Å². The van der Waals surface area contributed by atoms with Gasteiger partial charge in [-0.3, -0.25) is 0 Å². The van der Waals surface area contributed by atoms with Crippen LogP contribution in [-0.2, 0) is 0 Å². The maximum absolute atomic E-state index is 3.54. The molecule has 3 atom stereocenters. The van der Waals surface area contributed by atoms with Crippen molar-refractivity contribution in [2.24, 2.45) is 23.7 Å². The Kier molecular flexibility index (Phi) is 14.4. The molecule has 0 aromatic heterocycles. The lowest BCUT2D eigenvalue weighted by Crippen LogP contribution is -2.01. The van der Waals surface area contributed by atoms with Gasteiger partial charge in [-0.25, -0.2) is 0 Å². The van der Waals surface area contributed by atoms with Gasteiger partial charge in [0, 0.05) is 5.33 Å². The fraction of sp³-hybridized carbons (Fsp3) is 1.00. The minimum Gasteiger partial charge on any atom is -0.0928 e. The molecule has 0 aromatic rings. The number of alkyl halides is 1. The standard InChI is InChI=1S/C20H41Br/c1-17(2)9-6-10-18(3)11-7-12-19(4)13-8-14-20(5)15-16-21/h17-20H,6-16H2,1-5H3/t18-,19-,20-/m0/s1. The van der Waals surface area contributed by atoms with Crippen LogP contribution in [0.2, 0.25) is 0 Å². The summed E-state index contributed by atoms with van der Waals surface area (Å²) >= 11 is 3.54. The molecule has 0 saturated heterocycles. The van der Waals surface area contributed by atoms with Gasteiger partial charge < -0.3 is 0 Å². The normalized spacial score (nSPS) is 16.1. The van der Waals surface area contributed by atoms with Crippen molar-refractivity contribution in [3.05, 3.63) is 0 Å². The Hall–Kier alpha value is 0.480. The van der Waals surface area contributed by atoms with Crippen molar-refractivity contribution < 1.29 is 0 Å². The average molecular weight is 361 g/mol. The molecule has 0 heterocycles.